The second-order valence-corrected chi connectivity index (χ2v) is 5.78. The standard InChI is InChI=1S/C13H28N2O/c1-10(2)7-12(14)13(9-16)15(3)8-11-5-4-6-11/h10-13,16H,4-9,14H2,1-3H3. The Hall–Kier alpha value is -0.120. The van der Waals surface area contributed by atoms with Crippen LogP contribution in [-0.2, 0) is 0 Å². The Kier molecular flexibility index (Phi) is 5.73. The third kappa shape index (κ3) is 4.04. The van der Waals surface area contributed by atoms with Gasteiger partial charge in [0.15, 0.2) is 0 Å². The van der Waals surface area contributed by atoms with Crippen LogP contribution in [0.5, 0.6) is 0 Å². The molecule has 0 aromatic carbocycles. The van der Waals surface area contributed by atoms with E-state index in [2.05, 4.69) is 25.8 Å². The van der Waals surface area contributed by atoms with Crippen molar-refractivity contribution in [2.45, 2.75) is 51.6 Å². The van der Waals surface area contributed by atoms with Gasteiger partial charge in [0.1, 0.15) is 0 Å². The Morgan fingerprint density at radius 3 is 2.38 bits per heavy atom. The van der Waals surface area contributed by atoms with Crippen LogP contribution >= 0.6 is 0 Å². The number of nitrogens with zero attached hydrogens (tertiary/aromatic N) is 1. The van der Waals surface area contributed by atoms with Crippen molar-refractivity contribution in [3.8, 4) is 0 Å². The van der Waals surface area contributed by atoms with E-state index < -0.39 is 0 Å². The van der Waals surface area contributed by atoms with E-state index in [9.17, 15) is 5.11 Å². The van der Waals surface area contributed by atoms with Crippen molar-refractivity contribution in [3.05, 3.63) is 0 Å². The smallest absolute Gasteiger partial charge is 0.0601 e. The highest BCUT2D eigenvalue weighted by molar-refractivity contribution is 4.83. The molecule has 2 unspecified atom stereocenters. The first-order valence-corrected chi connectivity index (χ1v) is 6.61. The van der Waals surface area contributed by atoms with Crippen LogP contribution in [0.3, 0.4) is 0 Å². The molecule has 1 rings (SSSR count). The minimum absolute atomic E-state index is 0.0927. The molecule has 0 heterocycles. The lowest BCUT2D eigenvalue weighted by atomic mass is 9.84. The molecule has 0 aromatic heterocycles. The minimum Gasteiger partial charge on any atom is -0.395 e. The van der Waals surface area contributed by atoms with Crippen molar-refractivity contribution in [1.29, 1.82) is 0 Å². The summed E-state index contributed by atoms with van der Waals surface area (Å²) in [6.07, 6.45) is 5.06. The van der Waals surface area contributed by atoms with Gasteiger partial charge >= 0.3 is 0 Å². The van der Waals surface area contributed by atoms with Crippen LogP contribution in [-0.4, -0.2) is 42.3 Å². The summed E-state index contributed by atoms with van der Waals surface area (Å²) in [6.45, 7) is 5.63. The number of hydrogen-bond donors (Lipinski definition) is 2. The zero-order valence-electron chi connectivity index (χ0n) is 11.0. The van der Waals surface area contributed by atoms with E-state index in [4.69, 9.17) is 5.73 Å². The van der Waals surface area contributed by atoms with Crippen LogP contribution in [0.15, 0.2) is 0 Å². The first-order chi connectivity index (χ1) is 7.54. The summed E-state index contributed by atoms with van der Waals surface area (Å²) in [5.41, 5.74) is 6.16. The molecule has 0 aliphatic heterocycles. The van der Waals surface area contributed by atoms with Crippen LogP contribution in [0.2, 0.25) is 0 Å². The quantitative estimate of drug-likeness (QED) is 0.693. The van der Waals surface area contributed by atoms with Crippen molar-refractivity contribution in [2.75, 3.05) is 20.2 Å². The van der Waals surface area contributed by atoms with Gasteiger partial charge in [-0.3, -0.25) is 4.90 Å². The average Bonchev–Trinajstić information content (AvgIpc) is 2.11. The molecule has 0 spiro atoms. The topological polar surface area (TPSA) is 49.5 Å². The van der Waals surface area contributed by atoms with Gasteiger partial charge in [-0.15, -0.1) is 0 Å². The van der Waals surface area contributed by atoms with Crippen LogP contribution in [0.1, 0.15) is 39.5 Å². The van der Waals surface area contributed by atoms with E-state index in [0.29, 0.717) is 5.92 Å². The van der Waals surface area contributed by atoms with E-state index >= 15 is 0 Å². The maximum atomic E-state index is 9.46. The predicted octanol–water partition coefficient (Wildman–Crippen LogP) is 1.45. The van der Waals surface area contributed by atoms with E-state index in [1.165, 1.54) is 19.3 Å². The van der Waals surface area contributed by atoms with Gasteiger partial charge in [-0.2, -0.15) is 0 Å². The third-order valence-electron chi connectivity index (χ3n) is 3.76. The van der Waals surface area contributed by atoms with Gasteiger partial charge in [-0.05, 0) is 38.1 Å². The van der Waals surface area contributed by atoms with Gasteiger partial charge in [0.05, 0.1) is 6.61 Å². The Morgan fingerprint density at radius 2 is 2.00 bits per heavy atom. The number of hydrogen-bond acceptors (Lipinski definition) is 3. The minimum atomic E-state index is 0.0927. The molecule has 0 saturated heterocycles. The molecule has 0 bridgehead atoms. The fraction of sp³-hybridized carbons (Fsp3) is 1.00. The maximum Gasteiger partial charge on any atom is 0.0601 e. The highest BCUT2D eigenvalue weighted by atomic mass is 16.3. The van der Waals surface area contributed by atoms with Crippen LogP contribution in [0.25, 0.3) is 0 Å². The summed E-state index contributed by atoms with van der Waals surface area (Å²) in [7, 11) is 2.10. The van der Waals surface area contributed by atoms with E-state index in [1.54, 1.807) is 0 Å². The van der Waals surface area contributed by atoms with Gasteiger partial charge in [0.25, 0.3) is 0 Å². The Labute approximate surface area is 100 Å². The molecule has 0 aromatic rings. The number of aliphatic hydroxyl groups excluding tert-OH is 1. The third-order valence-corrected chi connectivity index (χ3v) is 3.76. The van der Waals surface area contributed by atoms with E-state index in [-0.39, 0.29) is 18.7 Å². The SMILES string of the molecule is CC(C)CC(N)C(CO)N(C)CC1CCC1. The van der Waals surface area contributed by atoms with Crippen molar-refractivity contribution in [1.82, 2.24) is 4.90 Å². The molecule has 1 aliphatic rings. The molecular weight excluding hydrogens is 200 g/mol. The molecule has 0 radical (unpaired) electrons. The summed E-state index contributed by atoms with van der Waals surface area (Å²) < 4.78 is 0. The maximum absolute atomic E-state index is 9.46. The molecule has 1 aliphatic carbocycles. The second kappa shape index (κ2) is 6.58. The molecule has 16 heavy (non-hydrogen) atoms. The zero-order chi connectivity index (χ0) is 12.1. The Balaban J connectivity index is 2.37. The highest BCUT2D eigenvalue weighted by Gasteiger charge is 2.26. The second-order valence-electron chi connectivity index (χ2n) is 5.78. The molecule has 2 atom stereocenters. The summed E-state index contributed by atoms with van der Waals surface area (Å²) in [5.74, 6) is 1.44. The van der Waals surface area contributed by atoms with Crippen molar-refractivity contribution >= 4 is 0 Å². The zero-order valence-corrected chi connectivity index (χ0v) is 11.0. The summed E-state index contributed by atoms with van der Waals surface area (Å²) in [4.78, 5) is 2.26. The van der Waals surface area contributed by atoms with Gasteiger partial charge in [0.2, 0.25) is 0 Å². The predicted molar refractivity (Wildman–Crippen MR) is 68.3 cm³/mol. The van der Waals surface area contributed by atoms with Crippen molar-refractivity contribution in [2.24, 2.45) is 17.6 Å². The van der Waals surface area contributed by atoms with Crippen LogP contribution in [0.4, 0.5) is 0 Å². The molecule has 3 nitrogen and oxygen atoms in total. The Morgan fingerprint density at radius 1 is 1.38 bits per heavy atom. The first kappa shape index (κ1) is 13.9. The largest absolute Gasteiger partial charge is 0.395 e. The highest BCUT2D eigenvalue weighted by Crippen LogP contribution is 2.27. The van der Waals surface area contributed by atoms with Crippen molar-refractivity contribution < 1.29 is 5.11 Å². The number of rotatable bonds is 7. The van der Waals surface area contributed by atoms with E-state index in [0.717, 1.165) is 18.9 Å². The molecule has 1 fully saturated rings. The number of likely N-dealkylation sites (N-methyl/N-ethyl adjacent to an activating group) is 1. The summed E-state index contributed by atoms with van der Waals surface area (Å²) in [5, 5.41) is 9.46. The molecule has 3 N–H and O–H groups in total. The first-order valence-electron chi connectivity index (χ1n) is 6.61. The van der Waals surface area contributed by atoms with Gasteiger partial charge in [0, 0.05) is 18.6 Å². The molecule has 0 amide bonds. The Bertz CT molecular complexity index is 192. The lowest BCUT2D eigenvalue weighted by Gasteiger charge is -2.37. The van der Waals surface area contributed by atoms with Gasteiger partial charge in [-0.1, -0.05) is 20.3 Å². The lowest BCUT2D eigenvalue weighted by Crippen LogP contribution is -2.50. The molecule has 3 heteroatoms. The van der Waals surface area contributed by atoms with Gasteiger partial charge < -0.3 is 10.8 Å². The fourth-order valence-electron chi connectivity index (χ4n) is 2.52. The number of nitrogens with two attached hydrogens (primary N) is 1. The fourth-order valence-corrected chi connectivity index (χ4v) is 2.52. The lowest BCUT2D eigenvalue weighted by molar-refractivity contribution is 0.0909. The van der Waals surface area contributed by atoms with Crippen molar-refractivity contribution in [3.63, 3.8) is 0 Å². The molecule has 1 saturated carbocycles. The average molecular weight is 228 g/mol. The molecule has 96 valence electrons. The van der Waals surface area contributed by atoms with Gasteiger partial charge in [-0.25, -0.2) is 0 Å². The normalized spacial score (nSPS) is 21.2. The summed E-state index contributed by atoms with van der Waals surface area (Å²) >= 11 is 0. The monoisotopic (exact) mass is 228 g/mol. The molecular formula is C13H28N2O. The van der Waals surface area contributed by atoms with Crippen LogP contribution in [0, 0.1) is 11.8 Å². The van der Waals surface area contributed by atoms with Crippen LogP contribution < -0.4 is 5.73 Å². The summed E-state index contributed by atoms with van der Waals surface area (Å²) in [6, 6.07) is 0.220. The van der Waals surface area contributed by atoms with E-state index in [1.807, 2.05) is 0 Å². The number of aliphatic hydroxyl groups is 1.